The second kappa shape index (κ2) is 5.38. The van der Waals surface area contributed by atoms with Gasteiger partial charge in [0.15, 0.2) is 5.84 Å². The van der Waals surface area contributed by atoms with Crippen LogP contribution in [0.1, 0.15) is 11.1 Å². The Morgan fingerprint density at radius 3 is 3.00 bits per heavy atom. The molecule has 2 rings (SSSR count). The quantitative estimate of drug-likeness (QED) is 0.362. The predicted octanol–water partition coefficient (Wildman–Crippen LogP) is 0.546. The van der Waals surface area contributed by atoms with E-state index in [1.54, 1.807) is 29.2 Å². The minimum absolute atomic E-state index is 0.0427. The lowest BCUT2D eigenvalue weighted by molar-refractivity contribution is 0.318. The average Bonchev–Trinajstić information content (AvgIpc) is 2.83. The molecule has 0 aliphatic rings. The molecular weight excluding hydrogens is 244 g/mol. The number of pyridine rings is 1. The number of aryl methyl sites for hydroxylation is 1. The highest BCUT2D eigenvalue weighted by molar-refractivity contribution is 6.01. The molecule has 0 saturated heterocycles. The molecule has 2 aromatic heterocycles. The van der Waals surface area contributed by atoms with Crippen molar-refractivity contribution >= 4 is 11.7 Å². The lowest BCUT2D eigenvalue weighted by Crippen LogP contribution is -2.23. The maximum Gasteiger partial charge on any atom is 0.173 e. The van der Waals surface area contributed by atoms with Crippen LogP contribution in [0, 0.1) is 0 Å². The zero-order chi connectivity index (χ0) is 13.8. The molecule has 7 heteroatoms. The van der Waals surface area contributed by atoms with Crippen molar-refractivity contribution in [3.63, 3.8) is 0 Å². The lowest BCUT2D eigenvalue weighted by atomic mass is 10.2. The van der Waals surface area contributed by atoms with Crippen molar-refractivity contribution in [2.75, 3.05) is 11.9 Å². The van der Waals surface area contributed by atoms with E-state index in [1.807, 2.05) is 25.2 Å². The molecular formula is C12H16N6O. The lowest BCUT2D eigenvalue weighted by Gasteiger charge is -2.19. The molecule has 0 aliphatic carbocycles. The van der Waals surface area contributed by atoms with Gasteiger partial charge in [-0.15, -0.1) is 0 Å². The normalized spacial score (nSPS) is 11.6. The summed E-state index contributed by atoms with van der Waals surface area (Å²) in [5.41, 5.74) is 7.30. The maximum atomic E-state index is 8.79. The van der Waals surface area contributed by atoms with Gasteiger partial charge in [0.1, 0.15) is 5.82 Å². The molecule has 0 aliphatic heterocycles. The third-order valence-electron chi connectivity index (χ3n) is 2.71. The molecule has 0 spiro atoms. The molecule has 19 heavy (non-hydrogen) atoms. The fraction of sp³-hybridized carbons (Fsp3) is 0.250. The first-order valence-electron chi connectivity index (χ1n) is 5.73. The summed E-state index contributed by atoms with van der Waals surface area (Å²) in [6.45, 7) is 0.635. The highest BCUT2D eigenvalue weighted by atomic mass is 16.4. The monoisotopic (exact) mass is 260 g/mol. The Kier molecular flexibility index (Phi) is 3.65. The molecule has 0 amide bonds. The van der Waals surface area contributed by atoms with Gasteiger partial charge in [-0.25, -0.2) is 4.98 Å². The van der Waals surface area contributed by atoms with Gasteiger partial charge in [0.25, 0.3) is 0 Å². The Hall–Kier alpha value is -2.57. The van der Waals surface area contributed by atoms with Crippen LogP contribution in [0.2, 0.25) is 0 Å². The topological polar surface area (TPSA) is 92.6 Å². The summed E-state index contributed by atoms with van der Waals surface area (Å²) in [6.07, 6.45) is 5.40. The maximum absolute atomic E-state index is 8.79. The number of rotatable bonds is 4. The molecule has 100 valence electrons. The van der Waals surface area contributed by atoms with Crippen molar-refractivity contribution in [2.45, 2.75) is 6.54 Å². The van der Waals surface area contributed by atoms with E-state index in [9.17, 15) is 0 Å². The van der Waals surface area contributed by atoms with E-state index in [1.165, 1.54) is 0 Å². The number of nitrogens with zero attached hydrogens (tertiary/aromatic N) is 5. The van der Waals surface area contributed by atoms with Crippen LogP contribution < -0.4 is 10.6 Å². The zero-order valence-corrected chi connectivity index (χ0v) is 10.9. The van der Waals surface area contributed by atoms with Crippen molar-refractivity contribution in [2.24, 2.45) is 17.9 Å². The van der Waals surface area contributed by atoms with Crippen molar-refractivity contribution < 1.29 is 5.21 Å². The fourth-order valence-electron chi connectivity index (χ4n) is 1.86. The van der Waals surface area contributed by atoms with Crippen molar-refractivity contribution in [3.05, 3.63) is 41.9 Å². The summed E-state index contributed by atoms with van der Waals surface area (Å²) in [6, 6.07) is 3.51. The first-order chi connectivity index (χ1) is 9.11. The van der Waals surface area contributed by atoms with Gasteiger partial charge in [0.2, 0.25) is 0 Å². The Labute approximate surface area is 111 Å². The molecule has 0 aromatic carbocycles. The van der Waals surface area contributed by atoms with Crippen LogP contribution in [0.5, 0.6) is 0 Å². The molecule has 0 fully saturated rings. The van der Waals surface area contributed by atoms with Gasteiger partial charge in [0, 0.05) is 38.6 Å². The van der Waals surface area contributed by atoms with E-state index in [0.29, 0.717) is 17.9 Å². The van der Waals surface area contributed by atoms with Gasteiger partial charge in [-0.1, -0.05) is 5.16 Å². The molecule has 0 radical (unpaired) electrons. The van der Waals surface area contributed by atoms with Crippen LogP contribution in [0.15, 0.2) is 35.9 Å². The van der Waals surface area contributed by atoms with Gasteiger partial charge >= 0.3 is 0 Å². The number of hydrogen-bond donors (Lipinski definition) is 2. The van der Waals surface area contributed by atoms with Crippen LogP contribution in [-0.4, -0.2) is 32.9 Å². The smallest absolute Gasteiger partial charge is 0.173 e. The Morgan fingerprint density at radius 2 is 2.37 bits per heavy atom. The SMILES string of the molecule is CN(Cc1cnn(C)c1)c1ncccc1/C(N)=N/O. The number of amidine groups is 1. The van der Waals surface area contributed by atoms with E-state index in [2.05, 4.69) is 15.2 Å². The fourth-order valence-corrected chi connectivity index (χ4v) is 1.86. The second-order valence-electron chi connectivity index (χ2n) is 4.24. The largest absolute Gasteiger partial charge is 0.409 e. The van der Waals surface area contributed by atoms with Gasteiger partial charge in [-0.3, -0.25) is 4.68 Å². The highest BCUT2D eigenvalue weighted by Crippen LogP contribution is 2.17. The van der Waals surface area contributed by atoms with Crippen molar-refractivity contribution in [1.82, 2.24) is 14.8 Å². The van der Waals surface area contributed by atoms with Gasteiger partial charge in [-0.05, 0) is 12.1 Å². The standard InChI is InChI=1S/C12H16N6O/c1-17(7-9-6-15-18(2)8-9)12-10(11(13)16-19)4-3-5-14-12/h3-6,8,19H,7H2,1-2H3,(H2,13,16). The summed E-state index contributed by atoms with van der Waals surface area (Å²) in [7, 11) is 3.76. The average molecular weight is 260 g/mol. The van der Waals surface area contributed by atoms with E-state index >= 15 is 0 Å². The Morgan fingerprint density at radius 1 is 1.58 bits per heavy atom. The summed E-state index contributed by atoms with van der Waals surface area (Å²) in [5, 5.41) is 15.9. The van der Waals surface area contributed by atoms with Gasteiger partial charge in [0.05, 0.1) is 11.8 Å². The van der Waals surface area contributed by atoms with E-state index in [4.69, 9.17) is 10.9 Å². The number of hydrogen-bond acceptors (Lipinski definition) is 5. The van der Waals surface area contributed by atoms with Crippen LogP contribution in [0.25, 0.3) is 0 Å². The first kappa shape index (κ1) is 12.9. The zero-order valence-electron chi connectivity index (χ0n) is 10.9. The van der Waals surface area contributed by atoms with E-state index in [0.717, 1.165) is 5.56 Å². The Balaban J connectivity index is 2.26. The number of anilines is 1. The molecule has 0 saturated carbocycles. The molecule has 3 N–H and O–H groups in total. The molecule has 0 bridgehead atoms. The minimum Gasteiger partial charge on any atom is -0.409 e. The van der Waals surface area contributed by atoms with Crippen molar-refractivity contribution in [1.29, 1.82) is 0 Å². The summed E-state index contributed by atoms with van der Waals surface area (Å²) < 4.78 is 1.74. The highest BCUT2D eigenvalue weighted by Gasteiger charge is 2.12. The predicted molar refractivity (Wildman–Crippen MR) is 72.1 cm³/mol. The third-order valence-corrected chi connectivity index (χ3v) is 2.71. The molecule has 0 atom stereocenters. The third kappa shape index (κ3) is 2.82. The summed E-state index contributed by atoms with van der Waals surface area (Å²) in [5.74, 6) is 0.697. The molecule has 2 aromatic rings. The minimum atomic E-state index is 0.0427. The first-order valence-corrected chi connectivity index (χ1v) is 5.73. The molecule has 7 nitrogen and oxygen atoms in total. The van der Waals surface area contributed by atoms with Gasteiger partial charge in [-0.2, -0.15) is 5.10 Å². The molecule has 2 heterocycles. The van der Waals surface area contributed by atoms with E-state index in [-0.39, 0.29) is 5.84 Å². The summed E-state index contributed by atoms with van der Waals surface area (Å²) in [4.78, 5) is 6.20. The number of nitrogens with two attached hydrogens (primary N) is 1. The van der Waals surface area contributed by atoms with Gasteiger partial charge < -0.3 is 15.8 Å². The number of oxime groups is 1. The number of aromatic nitrogens is 3. The molecule has 0 unspecified atom stereocenters. The van der Waals surface area contributed by atoms with Crippen LogP contribution in [0.3, 0.4) is 0 Å². The Bertz CT molecular complexity index is 591. The van der Waals surface area contributed by atoms with Crippen molar-refractivity contribution in [3.8, 4) is 0 Å². The summed E-state index contributed by atoms with van der Waals surface area (Å²) >= 11 is 0. The van der Waals surface area contributed by atoms with Crippen LogP contribution in [0.4, 0.5) is 5.82 Å². The van der Waals surface area contributed by atoms with Crippen LogP contribution in [-0.2, 0) is 13.6 Å². The second-order valence-corrected chi connectivity index (χ2v) is 4.24. The van der Waals surface area contributed by atoms with Crippen LogP contribution >= 0.6 is 0 Å². The van der Waals surface area contributed by atoms with E-state index < -0.39 is 0 Å².